The molecule has 4 heteroatoms. The molecule has 1 saturated carbocycles. The van der Waals surface area contributed by atoms with Gasteiger partial charge in [0, 0.05) is 19.5 Å². The summed E-state index contributed by atoms with van der Waals surface area (Å²) in [7, 11) is 0. The van der Waals surface area contributed by atoms with Crippen LogP contribution in [0.3, 0.4) is 0 Å². The molecule has 0 N–H and O–H groups in total. The van der Waals surface area contributed by atoms with Crippen molar-refractivity contribution in [1.82, 2.24) is 4.90 Å². The van der Waals surface area contributed by atoms with Crippen molar-refractivity contribution in [3.05, 3.63) is 0 Å². The van der Waals surface area contributed by atoms with E-state index in [9.17, 15) is 9.59 Å². The highest BCUT2D eigenvalue weighted by atomic mass is 16.5. The van der Waals surface area contributed by atoms with Gasteiger partial charge in [-0.3, -0.25) is 9.59 Å². The van der Waals surface area contributed by atoms with E-state index in [1.165, 1.54) is 32.6 Å². The number of carbonyl (C=O) groups is 2. The molecule has 2 fully saturated rings. The van der Waals surface area contributed by atoms with Gasteiger partial charge in [0.2, 0.25) is 0 Å². The molecule has 0 aromatic carbocycles. The Morgan fingerprint density at radius 1 is 1.18 bits per heavy atom. The van der Waals surface area contributed by atoms with Gasteiger partial charge in [0.05, 0.1) is 0 Å². The van der Waals surface area contributed by atoms with Crippen LogP contribution in [0.25, 0.3) is 0 Å². The summed E-state index contributed by atoms with van der Waals surface area (Å²) in [5.74, 6) is 0.283. The number of likely N-dealkylation sites (tertiary alicyclic amines) is 1. The Kier molecular flexibility index (Phi) is 4.02. The van der Waals surface area contributed by atoms with Crippen LogP contribution in [-0.4, -0.2) is 36.0 Å². The predicted molar refractivity (Wildman–Crippen MR) is 63.3 cm³/mol. The van der Waals surface area contributed by atoms with E-state index >= 15 is 0 Å². The predicted octanol–water partition coefficient (Wildman–Crippen LogP) is 1.73. The monoisotopic (exact) mass is 239 g/mol. The minimum Gasteiger partial charge on any atom is -0.456 e. The molecule has 0 aromatic rings. The lowest BCUT2D eigenvalue weighted by molar-refractivity contribution is -0.153. The van der Waals surface area contributed by atoms with Crippen molar-refractivity contribution in [2.24, 2.45) is 5.92 Å². The van der Waals surface area contributed by atoms with E-state index < -0.39 is 0 Å². The third-order valence-electron chi connectivity index (χ3n) is 3.96. The van der Waals surface area contributed by atoms with Crippen LogP contribution in [-0.2, 0) is 14.3 Å². The van der Waals surface area contributed by atoms with Crippen molar-refractivity contribution in [2.75, 3.05) is 13.2 Å². The average Bonchev–Trinajstić information content (AvgIpc) is 2.35. The fourth-order valence-corrected chi connectivity index (χ4v) is 3.18. The van der Waals surface area contributed by atoms with Crippen LogP contribution in [0, 0.1) is 5.92 Å². The van der Waals surface area contributed by atoms with E-state index in [2.05, 4.69) is 0 Å². The number of hydrogen-bond donors (Lipinski definition) is 0. The highest BCUT2D eigenvalue weighted by molar-refractivity contribution is 5.80. The van der Waals surface area contributed by atoms with Crippen LogP contribution in [0.1, 0.15) is 45.4 Å². The fraction of sp³-hybridized carbons (Fsp3) is 0.846. The molecule has 1 heterocycles. The van der Waals surface area contributed by atoms with Crippen LogP contribution in [0.5, 0.6) is 0 Å². The van der Waals surface area contributed by atoms with E-state index in [4.69, 9.17) is 4.74 Å². The minimum absolute atomic E-state index is 0.0169. The van der Waals surface area contributed by atoms with Crippen LogP contribution in [0.15, 0.2) is 0 Å². The number of fused-ring (bicyclic) bond motifs is 1. The smallest absolute Gasteiger partial charge is 0.303 e. The van der Waals surface area contributed by atoms with Gasteiger partial charge in [-0.15, -0.1) is 0 Å². The van der Waals surface area contributed by atoms with Gasteiger partial charge in [0.1, 0.15) is 0 Å². The fourth-order valence-electron chi connectivity index (χ4n) is 3.18. The van der Waals surface area contributed by atoms with Gasteiger partial charge in [-0.25, -0.2) is 0 Å². The molecule has 1 saturated heterocycles. The first-order valence-electron chi connectivity index (χ1n) is 6.61. The standard InChI is InChI=1S/C13H21NO3/c1-10(15)17-9-13(16)14-8-4-6-11-5-2-3-7-12(11)14/h11-12H,2-9H2,1H3. The second-order valence-electron chi connectivity index (χ2n) is 5.12. The van der Waals surface area contributed by atoms with Gasteiger partial charge in [-0.1, -0.05) is 12.8 Å². The summed E-state index contributed by atoms with van der Waals surface area (Å²) in [4.78, 5) is 24.7. The summed E-state index contributed by atoms with van der Waals surface area (Å²) in [6, 6.07) is 0.403. The Morgan fingerprint density at radius 3 is 2.65 bits per heavy atom. The van der Waals surface area contributed by atoms with Crippen molar-refractivity contribution >= 4 is 11.9 Å². The lowest BCUT2D eigenvalue weighted by atomic mass is 9.78. The lowest BCUT2D eigenvalue weighted by Gasteiger charge is -2.44. The van der Waals surface area contributed by atoms with Gasteiger partial charge in [0.15, 0.2) is 6.61 Å². The maximum Gasteiger partial charge on any atom is 0.303 e. The van der Waals surface area contributed by atoms with Crippen LogP contribution < -0.4 is 0 Å². The quantitative estimate of drug-likeness (QED) is 0.689. The number of carbonyl (C=O) groups excluding carboxylic acids is 2. The zero-order valence-electron chi connectivity index (χ0n) is 10.5. The van der Waals surface area contributed by atoms with Gasteiger partial charge < -0.3 is 9.64 Å². The Bertz CT molecular complexity index is 301. The number of esters is 1. The summed E-state index contributed by atoms with van der Waals surface area (Å²) in [5, 5.41) is 0. The Labute approximate surface area is 102 Å². The maximum atomic E-state index is 12.0. The first-order chi connectivity index (χ1) is 8.18. The summed E-state index contributed by atoms with van der Waals surface area (Å²) in [6.45, 7) is 2.09. The molecule has 1 amide bonds. The zero-order chi connectivity index (χ0) is 12.3. The first kappa shape index (κ1) is 12.4. The number of ether oxygens (including phenoxy) is 1. The average molecular weight is 239 g/mol. The van der Waals surface area contributed by atoms with Crippen LogP contribution in [0.2, 0.25) is 0 Å². The van der Waals surface area contributed by atoms with E-state index in [-0.39, 0.29) is 18.5 Å². The van der Waals surface area contributed by atoms with Gasteiger partial charge in [0.25, 0.3) is 5.91 Å². The number of hydrogen-bond acceptors (Lipinski definition) is 3. The van der Waals surface area contributed by atoms with E-state index in [1.54, 1.807) is 0 Å². The first-order valence-corrected chi connectivity index (χ1v) is 6.61. The molecule has 0 radical (unpaired) electrons. The number of piperidine rings is 1. The Balaban J connectivity index is 1.93. The molecular weight excluding hydrogens is 218 g/mol. The van der Waals surface area contributed by atoms with Crippen molar-refractivity contribution < 1.29 is 14.3 Å². The van der Waals surface area contributed by atoms with E-state index in [1.807, 2.05) is 4.90 Å². The number of rotatable bonds is 2. The topological polar surface area (TPSA) is 46.6 Å². The van der Waals surface area contributed by atoms with Crippen LogP contribution in [0.4, 0.5) is 0 Å². The second-order valence-corrected chi connectivity index (χ2v) is 5.12. The Hall–Kier alpha value is -1.06. The summed E-state index contributed by atoms with van der Waals surface area (Å²) in [6.07, 6.45) is 7.24. The van der Waals surface area contributed by atoms with Crippen molar-refractivity contribution in [3.63, 3.8) is 0 Å². The summed E-state index contributed by atoms with van der Waals surface area (Å²) in [5.41, 5.74) is 0. The molecule has 2 atom stereocenters. The van der Waals surface area contributed by atoms with Crippen LogP contribution >= 0.6 is 0 Å². The highest BCUT2D eigenvalue weighted by Crippen LogP contribution is 2.35. The molecule has 17 heavy (non-hydrogen) atoms. The zero-order valence-corrected chi connectivity index (χ0v) is 10.5. The Morgan fingerprint density at radius 2 is 1.88 bits per heavy atom. The van der Waals surface area contributed by atoms with Gasteiger partial charge in [-0.2, -0.15) is 0 Å². The molecule has 2 aliphatic rings. The van der Waals surface area contributed by atoms with Crippen molar-refractivity contribution in [3.8, 4) is 0 Å². The molecule has 0 spiro atoms. The third kappa shape index (κ3) is 2.99. The molecule has 4 nitrogen and oxygen atoms in total. The lowest BCUT2D eigenvalue weighted by Crippen LogP contribution is -2.50. The molecule has 2 unspecified atom stereocenters. The van der Waals surface area contributed by atoms with Gasteiger partial charge >= 0.3 is 5.97 Å². The summed E-state index contributed by atoms with van der Waals surface area (Å²) >= 11 is 0. The van der Waals surface area contributed by atoms with E-state index in [0.29, 0.717) is 12.0 Å². The van der Waals surface area contributed by atoms with Crippen molar-refractivity contribution in [1.29, 1.82) is 0 Å². The minimum atomic E-state index is -0.379. The normalized spacial score (nSPS) is 28.4. The second kappa shape index (κ2) is 5.52. The SMILES string of the molecule is CC(=O)OCC(=O)N1CCCC2CCCCC21. The molecule has 0 aromatic heterocycles. The largest absolute Gasteiger partial charge is 0.456 e. The summed E-state index contributed by atoms with van der Waals surface area (Å²) < 4.78 is 4.81. The molecule has 0 bridgehead atoms. The maximum absolute atomic E-state index is 12.0. The molecule has 1 aliphatic heterocycles. The highest BCUT2D eigenvalue weighted by Gasteiger charge is 2.35. The molecular formula is C13H21NO3. The van der Waals surface area contributed by atoms with Gasteiger partial charge in [-0.05, 0) is 31.6 Å². The molecule has 96 valence electrons. The van der Waals surface area contributed by atoms with E-state index in [0.717, 1.165) is 19.4 Å². The number of amides is 1. The third-order valence-corrected chi connectivity index (χ3v) is 3.96. The molecule has 2 rings (SSSR count). The van der Waals surface area contributed by atoms with Crippen molar-refractivity contribution in [2.45, 2.75) is 51.5 Å². The number of nitrogens with zero attached hydrogens (tertiary/aromatic N) is 1. The molecule has 1 aliphatic carbocycles.